The predicted octanol–water partition coefficient (Wildman–Crippen LogP) is 4.73. The number of halogens is 1. The molecule has 2 N–H and O–H groups in total. The lowest BCUT2D eigenvalue weighted by Gasteiger charge is -2.37. The number of amides is 2. The van der Waals surface area contributed by atoms with Gasteiger partial charge in [-0.2, -0.15) is 0 Å². The lowest BCUT2D eigenvalue weighted by molar-refractivity contribution is -0.130. The van der Waals surface area contributed by atoms with Crippen LogP contribution in [0, 0.1) is 0 Å². The van der Waals surface area contributed by atoms with Gasteiger partial charge in [-0.3, -0.25) is 14.5 Å². The predicted molar refractivity (Wildman–Crippen MR) is 160 cm³/mol. The quantitative estimate of drug-likeness (QED) is 0.401. The number of esters is 1. The molecule has 2 atom stereocenters. The molecule has 2 saturated heterocycles. The first-order valence-corrected chi connectivity index (χ1v) is 15.1. The van der Waals surface area contributed by atoms with Gasteiger partial charge in [0.1, 0.15) is 11.8 Å². The lowest BCUT2D eigenvalue weighted by atomic mass is 9.79. The maximum atomic E-state index is 13.0. The summed E-state index contributed by atoms with van der Waals surface area (Å²) < 4.78 is 5.83. The van der Waals surface area contributed by atoms with Crippen molar-refractivity contribution in [3.8, 4) is 11.1 Å². The van der Waals surface area contributed by atoms with E-state index in [1.54, 1.807) is 24.4 Å². The molecule has 0 bridgehead atoms. The number of nitrogens with zero attached hydrogens (tertiary/aromatic N) is 3. The highest BCUT2D eigenvalue weighted by molar-refractivity contribution is 6.30. The Balaban J connectivity index is 1.09. The number of benzene rings is 2. The van der Waals surface area contributed by atoms with Crippen LogP contribution in [0.3, 0.4) is 0 Å². The third kappa shape index (κ3) is 6.05. The number of carbonyl (C=O) groups excluding carboxylic acids is 3. The third-order valence-corrected chi connectivity index (χ3v) is 9.09. The Kier molecular flexibility index (Phi) is 8.27. The van der Waals surface area contributed by atoms with Crippen molar-refractivity contribution in [1.82, 2.24) is 14.8 Å². The van der Waals surface area contributed by atoms with Gasteiger partial charge in [-0.1, -0.05) is 48.0 Å². The molecule has 3 aromatic rings. The summed E-state index contributed by atoms with van der Waals surface area (Å²) in [6.07, 6.45) is 5.85. The third-order valence-electron chi connectivity index (χ3n) is 8.84. The van der Waals surface area contributed by atoms with Crippen molar-refractivity contribution >= 4 is 29.4 Å². The molecule has 1 aromatic heterocycles. The second kappa shape index (κ2) is 12.2. The number of primary amides is 1. The first-order chi connectivity index (χ1) is 20.4. The van der Waals surface area contributed by atoms with Crippen molar-refractivity contribution in [2.75, 3.05) is 19.6 Å². The second-order valence-corrected chi connectivity index (χ2v) is 12.0. The van der Waals surface area contributed by atoms with Gasteiger partial charge in [-0.15, -0.1) is 0 Å². The monoisotopic (exact) mass is 586 g/mol. The van der Waals surface area contributed by atoms with E-state index in [2.05, 4.69) is 20.9 Å². The standard InChI is InChI=1S/C33H35ClN4O4/c34-25-8-4-22(5-9-25)24-6-11-28(36-19-24)33(41)42-29-12-7-23-18-21(3-10-27(23)31(29)32(35)40)20-37-16-13-26(14-17-37)38-15-1-2-30(38)39/h3-6,8-11,18-19,26,29,31H,1-2,7,12-17,20H2,(H2,35,40). The topological polar surface area (TPSA) is 106 Å². The van der Waals surface area contributed by atoms with Gasteiger partial charge in [-0.05, 0) is 72.6 Å². The molecule has 2 aliphatic heterocycles. The van der Waals surface area contributed by atoms with Crippen LogP contribution in [0.5, 0.6) is 0 Å². The zero-order valence-corrected chi connectivity index (χ0v) is 24.3. The van der Waals surface area contributed by atoms with Gasteiger partial charge in [0.05, 0.1) is 5.92 Å². The van der Waals surface area contributed by atoms with Crippen molar-refractivity contribution in [2.45, 2.75) is 63.1 Å². The van der Waals surface area contributed by atoms with E-state index in [1.165, 1.54) is 5.56 Å². The van der Waals surface area contributed by atoms with E-state index < -0.39 is 23.9 Å². The van der Waals surface area contributed by atoms with E-state index in [0.717, 1.165) is 67.7 Å². The van der Waals surface area contributed by atoms with E-state index in [4.69, 9.17) is 22.1 Å². The van der Waals surface area contributed by atoms with Crippen LogP contribution in [0.4, 0.5) is 0 Å². The second-order valence-electron chi connectivity index (χ2n) is 11.5. The fraction of sp³-hybridized carbons (Fsp3) is 0.394. The van der Waals surface area contributed by atoms with E-state index in [0.29, 0.717) is 36.2 Å². The molecule has 0 spiro atoms. The molecule has 2 amide bonds. The summed E-state index contributed by atoms with van der Waals surface area (Å²) >= 11 is 5.98. The van der Waals surface area contributed by atoms with Gasteiger partial charge in [0.15, 0.2) is 0 Å². The smallest absolute Gasteiger partial charge is 0.357 e. The average molecular weight is 587 g/mol. The summed E-state index contributed by atoms with van der Waals surface area (Å²) in [5.74, 6) is -1.49. The molecule has 0 radical (unpaired) electrons. The molecule has 0 saturated carbocycles. The maximum absolute atomic E-state index is 13.0. The van der Waals surface area contributed by atoms with Gasteiger partial charge in [-0.25, -0.2) is 9.78 Å². The Morgan fingerprint density at radius 2 is 1.71 bits per heavy atom. The summed E-state index contributed by atoms with van der Waals surface area (Å²) in [6.45, 7) is 3.65. The minimum Gasteiger partial charge on any atom is -0.456 e. The largest absolute Gasteiger partial charge is 0.456 e. The number of aryl methyl sites for hydroxylation is 1. The molecule has 3 heterocycles. The SMILES string of the molecule is NC(=O)C1c2ccc(CN3CCC(N4CCCC4=O)CC3)cc2CCC1OC(=O)c1ccc(-c2ccc(Cl)cc2)cn1. The zero-order chi connectivity index (χ0) is 29.2. The molecule has 42 heavy (non-hydrogen) atoms. The van der Waals surface area contributed by atoms with Crippen LogP contribution in [0.2, 0.25) is 5.02 Å². The van der Waals surface area contributed by atoms with Crippen molar-refractivity contribution in [3.63, 3.8) is 0 Å². The van der Waals surface area contributed by atoms with E-state index in [9.17, 15) is 14.4 Å². The molecule has 2 unspecified atom stereocenters. The van der Waals surface area contributed by atoms with E-state index in [-0.39, 0.29) is 5.69 Å². The molecule has 9 heteroatoms. The molecule has 218 valence electrons. The number of piperidine rings is 1. The number of hydrogen-bond acceptors (Lipinski definition) is 6. The Labute approximate surface area is 250 Å². The summed E-state index contributed by atoms with van der Waals surface area (Å²) in [4.78, 5) is 46.6. The number of hydrogen-bond donors (Lipinski definition) is 1. The normalized spacial score (nSPS) is 21.3. The number of carbonyl (C=O) groups is 3. The van der Waals surface area contributed by atoms with Gasteiger partial charge >= 0.3 is 5.97 Å². The van der Waals surface area contributed by atoms with E-state index in [1.807, 2.05) is 30.3 Å². The first-order valence-electron chi connectivity index (χ1n) is 14.7. The number of aromatic nitrogens is 1. The van der Waals surface area contributed by atoms with Gasteiger partial charge in [0.25, 0.3) is 0 Å². The fourth-order valence-corrected chi connectivity index (χ4v) is 6.76. The molecule has 2 aromatic carbocycles. The van der Waals surface area contributed by atoms with Gasteiger partial charge in [0, 0.05) is 55.4 Å². The van der Waals surface area contributed by atoms with E-state index >= 15 is 0 Å². The molecule has 3 aliphatic rings. The number of nitrogens with two attached hydrogens (primary N) is 1. The van der Waals surface area contributed by atoms with Crippen molar-refractivity contribution < 1.29 is 19.1 Å². The van der Waals surface area contributed by atoms with Crippen LogP contribution in [0.25, 0.3) is 11.1 Å². The Morgan fingerprint density at radius 1 is 0.952 bits per heavy atom. The minimum atomic E-state index is -0.714. The van der Waals surface area contributed by atoms with Crippen LogP contribution in [0.1, 0.15) is 65.2 Å². The van der Waals surface area contributed by atoms with Crippen molar-refractivity contribution in [2.24, 2.45) is 5.73 Å². The molecule has 8 nitrogen and oxygen atoms in total. The fourth-order valence-electron chi connectivity index (χ4n) is 6.63. The number of ether oxygens (including phenoxy) is 1. The van der Waals surface area contributed by atoms with Crippen LogP contribution < -0.4 is 5.73 Å². The average Bonchev–Trinajstić information content (AvgIpc) is 3.43. The van der Waals surface area contributed by atoms with Crippen molar-refractivity contribution in [3.05, 3.63) is 88.2 Å². The number of rotatable bonds is 7. The molecule has 2 fully saturated rings. The maximum Gasteiger partial charge on any atom is 0.357 e. The number of fused-ring (bicyclic) bond motifs is 1. The minimum absolute atomic E-state index is 0.176. The summed E-state index contributed by atoms with van der Waals surface area (Å²) in [5, 5.41) is 0.647. The molecular weight excluding hydrogens is 552 g/mol. The highest BCUT2D eigenvalue weighted by Crippen LogP contribution is 2.35. The highest BCUT2D eigenvalue weighted by atomic mass is 35.5. The highest BCUT2D eigenvalue weighted by Gasteiger charge is 2.37. The Hall–Kier alpha value is -3.75. The summed E-state index contributed by atoms with van der Waals surface area (Å²) in [7, 11) is 0. The van der Waals surface area contributed by atoms with Gasteiger partial charge in [0.2, 0.25) is 11.8 Å². The molecule has 1 aliphatic carbocycles. The molecule has 6 rings (SSSR count). The summed E-state index contributed by atoms with van der Waals surface area (Å²) in [6, 6.07) is 17.4. The number of likely N-dealkylation sites (tertiary alicyclic amines) is 2. The Morgan fingerprint density at radius 3 is 2.38 bits per heavy atom. The summed E-state index contributed by atoms with van der Waals surface area (Å²) in [5.41, 5.74) is 10.9. The lowest BCUT2D eigenvalue weighted by Crippen LogP contribution is -2.45. The molecular formula is C33H35ClN4O4. The van der Waals surface area contributed by atoms with Crippen LogP contribution >= 0.6 is 11.6 Å². The van der Waals surface area contributed by atoms with Gasteiger partial charge < -0.3 is 15.4 Å². The Bertz CT molecular complexity index is 1470. The zero-order valence-electron chi connectivity index (χ0n) is 23.5. The van der Waals surface area contributed by atoms with Crippen LogP contribution in [0.15, 0.2) is 60.8 Å². The number of pyridine rings is 1. The van der Waals surface area contributed by atoms with Crippen LogP contribution in [-0.4, -0.2) is 64.3 Å². The van der Waals surface area contributed by atoms with Crippen molar-refractivity contribution in [1.29, 1.82) is 0 Å². The first kappa shape index (κ1) is 28.4. The van der Waals surface area contributed by atoms with Crippen LogP contribution in [-0.2, 0) is 27.3 Å².